The Kier molecular flexibility index (Phi) is 4.45. The normalized spacial score (nSPS) is 24.4. The minimum absolute atomic E-state index is 0.0354. The second kappa shape index (κ2) is 6.58. The molecule has 2 N–H and O–H groups in total. The van der Waals surface area contributed by atoms with Crippen LogP contribution >= 0.6 is 15.9 Å². The summed E-state index contributed by atoms with van der Waals surface area (Å²) in [7, 11) is 0. The first-order valence-corrected chi connectivity index (χ1v) is 10.1. The van der Waals surface area contributed by atoms with E-state index in [2.05, 4.69) is 47.1 Å². The number of carboxylic acid groups (broad SMARTS) is 1. The first kappa shape index (κ1) is 18.9. The lowest BCUT2D eigenvalue weighted by atomic mass is 9.92. The molecule has 2 aromatic rings. The van der Waals surface area contributed by atoms with E-state index in [1.807, 2.05) is 20.8 Å². The van der Waals surface area contributed by atoms with Crippen LogP contribution in [0.5, 0.6) is 0 Å². The number of carbonyl (C=O) groups is 1. The van der Waals surface area contributed by atoms with E-state index in [0.29, 0.717) is 21.6 Å². The van der Waals surface area contributed by atoms with Crippen LogP contribution in [0.4, 0.5) is 10.7 Å². The van der Waals surface area contributed by atoms with Gasteiger partial charge in [-0.3, -0.25) is 5.10 Å². The van der Waals surface area contributed by atoms with Gasteiger partial charge in [0.05, 0.1) is 5.39 Å². The number of nitriles is 1. The van der Waals surface area contributed by atoms with Gasteiger partial charge in [0.1, 0.15) is 10.7 Å². The SMILES string of the molecule is CC(C)(C)N(C(=O)O)C1CC2CCC(C1)N2c1nc(C#N)c2c(Br)n[nH]c2n1. The maximum Gasteiger partial charge on any atom is 0.407 e. The van der Waals surface area contributed by atoms with Gasteiger partial charge in [-0.2, -0.15) is 15.3 Å². The number of fused-ring (bicyclic) bond motifs is 3. The van der Waals surface area contributed by atoms with Crippen molar-refractivity contribution in [3.8, 4) is 6.07 Å². The van der Waals surface area contributed by atoms with Crippen molar-refractivity contribution in [1.82, 2.24) is 25.1 Å². The number of hydrogen-bond donors (Lipinski definition) is 2. The zero-order valence-corrected chi connectivity index (χ0v) is 17.6. The largest absolute Gasteiger partial charge is 0.465 e. The van der Waals surface area contributed by atoms with Gasteiger partial charge in [-0.15, -0.1) is 0 Å². The van der Waals surface area contributed by atoms with E-state index < -0.39 is 11.6 Å². The molecule has 2 atom stereocenters. The molecule has 1 amide bonds. The number of hydrogen-bond acceptors (Lipinski definition) is 6. The van der Waals surface area contributed by atoms with Crippen molar-refractivity contribution < 1.29 is 9.90 Å². The lowest BCUT2D eigenvalue weighted by Gasteiger charge is -2.46. The molecule has 2 unspecified atom stereocenters. The molecule has 9 nitrogen and oxygen atoms in total. The van der Waals surface area contributed by atoms with E-state index >= 15 is 0 Å². The number of aromatic nitrogens is 4. The highest BCUT2D eigenvalue weighted by molar-refractivity contribution is 9.10. The standard InChI is InChI=1S/C18H22BrN7O2/c1-18(2,3)26(17(27)28)11-6-9-4-5-10(7-11)25(9)16-21-12(8-20)13-14(19)23-24-15(13)22-16/h9-11H,4-7H2,1-3H3,(H,27,28)(H,21,22,23,24). The Labute approximate surface area is 170 Å². The Bertz CT molecular complexity index is 963. The van der Waals surface area contributed by atoms with Gasteiger partial charge in [0.25, 0.3) is 0 Å². The van der Waals surface area contributed by atoms with Crippen molar-refractivity contribution in [3.05, 3.63) is 10.3 Å². The van der Waals surface area contributed by atoms with Gasteiger partial charge >= 0.3 is 6.09 Å². The van der Waals surface area contributed by atoms with Crippen molar-refractivity contribution in [2.24, 2.45) is 0 Å². The molecular weight excluding hydrogens is 426 g/mol. The molecule has 4 rings (SSSR count). The third-order valence-electron chi connectivity index (χ3n) is 5.70. The third-order valence-corrected chi connectivity index (χ3v) is 6.28. The molecule has 0 spiro atoms. The molecule has 2 aliphatic rings. The Morgan fingerprint density at radius 2 is 1.96 bits per heavy atom. The summed E-state index contributed by atoms with van der Waals surface area (Å²) in [5.41, 5.74) is 0.352. The highest BCUT2D eigenvalue weighted by Crippen LogP contribution is 2.41. The molecule has 2 fully saturated rings. The predicted molar refractivity (Wildman–Crippen MR) is 106 cm³/mol. The summed E-state index contributed by atoms with van der Waals surface area (Å²) in [6, 6.07) is 2.41. The summed E-state index contributed by atoms with van der Waals surface area (Å²) in [4.78, 5) is 24.8. The number of aromatic amines is 1. The molecule has 10 heteroatoms. The molecule has 2 bridgehead atoms. The fourth-order valence-electron chi connectivity index (χ4n) is 4.76. The van der Waals surface area contributed by atoms with E-state index in [1.165, 1.54) is 0 Å². The summed E-state index contributed by atoms with van der Waals surface area (Å²) in [5, 5.41) is 26.8. The van der Waals surface area contributed by atoms with Crippen molar-refractivity contribution in [2.75, 3.05) is 4.90 Å². The van der Waals surface area contributed by atoms with Crippen molar-refractivity contribution in [1.29, 1.82) is 5.26 Å². The minimum atomic E-state index is -0.878. The van der Waals surface area contributed by atoms with Crippen molar-refractivity contribution in [3.63, 3.8) is 0 Å². The number of anilines is 1. The van der Waals surface area contributed by atoms with E-state index in [-0.39, 0.29) is 23.8 Å². The molecule has 4 heterocycles. The summed E-state index contributed by atoms with van der Waals surface area (Å²) >= 11 is 3.32. The quantitative estimate of drug-likeness (QED) is 0.723. The van der Waals surface area contributed by atoms with Crippen LogP contribution in [-0.2, 0) is 0 Å². The van der Waals surface area contributed by atoms with E-state index in [0.717, 1.165) is 25.7 Å². The van der Waals surface area contributed by atoms with Gasteiger partial charge in [-0.25, -0.2) is 9.78 Å². The first-order valence-electron chi connectivity index (χ1n) is 9.33. The number of H-pyrrole nitrogens is 1. The minimum Gasteiger partial charge on any atom is -0.465 e. The maximum atomic E-state index is 11.9. The molecule has 0 radical (unpaired) electrons. The summed E-state index contributed by atoms with van der Waals surface area (Å²) in [5.74, 6) is 0.517. The smallest absolute Gasteiger partial charge is 0.407 e. The van der Waals surface area contributed by atoms with E-state index in [9.17, 15) is 15.2 Å². The Morgan fingerprint density at radius 3 is 2.50 bits per heavy atom. The molecule has 2 aliphatic heterocycles. The number of nitrogens with one attached hydrogen (secondary N) is 1. The van der Waals surface area contributed by atoms with Gasteiger partial charge < -0.3 is 14.9 Å². The lowest BCUT2D eigenvalue weighted by Crippen LogP contribution is -2.57. The number of nitrogens with zero attached hydrogens (tertiary/aromatic N) is 6. The topological polar surface area (TPSA) is 122 Å². The Morgan fingerprint density at radius 1 is 1.32 bits per heavy atom. The molecule has 0 saturated carbocycles. The van der Waals surface area contributed by atoms with Crippen LogP contribution in [0.3, 0.4) is 0 Å². The molecule has 148 valence electrons. The van der Waals surface area contributed by atoms with Crippen LogP contribution in [0, 0.1) is 11.3 Å². The van der Waals surface area contributed by atoms with Crippen LogP contribution in [0.15, 0.2) is 4.60 Å². The second-order valence-corrected chi connectivity index (χ2v) is 9.21. The van der Waals surface area contributed by atoms with Crippen molar-refractivity contribution in [2.45, 2.75) is 70.1 Å². The van der Waals surface area contributed by atoms with Crippen LogP contribution in [0.1, 0.15) is 52.1 Å². The molecular formula is C18H22BrN7O2. The average molecular weight is 448 g/mol. The molecule has 28 heavy (non-hydrogen) atoms. The first-order chi connectivity index (χ1) is 13.2. The number of halogens is 1. The van der Waals surface area contributed by atoms with Crippen LogP contribution in [0.25, 0.3) is 11.0 Å². The second-order valence-electron chi connectivity index (χ2n) is 8.46. The third kappa shape index (κ3) is 2.98. The highest BCUT2D eigenvalue weighted by Gasteiger charge is 2.46. The highest BCUT2D eigenvalue weighted by atomic mass is 79.9. The lowest BCUT2D eigenvalue weighted by molar-refractivity contribution is 0.0557. The van der Waals surface area contributed by atoms with Gasteiger partial charge in [0.15, 0.2) is 11.3 Å². The molecule has 0 aromatic carbocycles. The van der Waals surface area contributed by atoms with Crippen LogP contribution < -0.4 is 4.90 Å². The average Bonchev–Trinajstić information content (AvgIpc) is 3.10. The summed E-state index contributed by atoms with van der Waals surface area (Å²) < 4.78 is 0.523. The number of rotatable bonds is 2. The molecule has 0 aliphatic carbocycles. The Hall–Kier alpha value is -2.41. The van der Waals surface area contributed by atoms with Crippen LogP contribution in [0.2, 0.25) is 0 Å². The monoisotopic (exact) mass is 447 g/mol. The van der Waals surface area contributed by atoms with E-state index in [4.69, 9.17) is 0 Å². The number of piperidine rings is 1. The summed E-state index contributed by atoms with van der Waals surface area (Å²) in [6.45, 7) is 5.80. The molecule has 2 saturated heterocycles. The summed E-state index contributed by atoms with van der Waals surface area (Å²) in [6.07, 6.45) is 2.52. The zero-order valence-electron chi connectivity index (χ0n) is 16.0. The van der Waals surface area contributed by atoms with E-state index in [1.54, 1.807) is 4.90 Å². The predicted octanol–water partition coefficient (Wildman–Crippen LogP) is 3.27. The van der Waals surface area contributed by atoms with Gasteiger partial charge in [0.2, 0.25) is 5.95 Å². The van der Waals surface area contributed by atoms with Gasteiger partial charge in [-0.05, 0) is 62.4 Å². The number of amides is 1. The zero-order chi connectivity index (χ0) is 20.2. The van der Waals surface area contributed by atoms with Crippen LogP contribution in [-0.4, -0.2) is 59.9 Å². The molecule has 2 aromatic heterocycles. The van der Waals surface area contributed by atoms with Gasteiger partial charge in [-0.1, -0.05) is 0 Å². The Balaban J connectivity index is 1.67. The fourth-order valence-corrected chi connectivity index (χ4v) is 5.22. The maximum absolute atomic E-state index is 11.9. The fraction of sp³-hybridized carbons (Fsp3) is 0.611. The van der Waals surface area contributed by atoms with Gasteiger partial charge in [0, 0.05) is 23.7 Å². The van der Waals surface area contributed by atoms with Crippen molar-refractivity contribution >= 4 is 39.0 Å².